The minimum absolute atomic E-state index is 0.00844. The van der Waals surface area contributed by atoms with Gasteiger partial charge in [0.15, 0.2) is 0 Å². The van der Waals surface area contributed by atoms with Crippen LogP contribution in [0.5, 0.6) is 17.2 Å². The standard InChI is InChI=1S/C44H46BN5O6/c46-25-27-3-1-5-31(17-27)29-9-13-49(14-10-29)42(51)21-33-22-43(52)54-39-24-41-40(23-36(33)39)55-45(56-41)35-7-8-37-34(19-35)20-38(48-37)44(53)50-15-11-30(12-16-50)32-6-2-4-28(18-32)26-47/h1-8,17-20,22-24,29-30,43,48,52H,9-16,21,25-26,46-47H2. The van der Waals surface area contributed by atoms with E-state index in [1.807, 2.05) is 46.2 Å². The lowest BCUT2D eigenvalue weighted by atomic mass is 9.79. The Morgan fingerprint density at radius 3 is 2.02 bits per heavy atom. The summed E-state index contributed by atoms with van der Waals surface area (Å²) in [6, 6.07) is 28.2. The topological polar surface area (TPSA) is 156 Å². The highest BCUT2D eigenvalue weighted by Gasteiger charge is 2.37. The number of fused-ring (bicyclic) bond motifs is 3. The van der Waals surface area contributed by atoms with Gasteiger partial charge in [-0.25, -0.2) is 0 Å². The molecule has 286 valence electrons. The van der Waals surface area contributed by atoms with Crippen LogP contribution in [0.1, 0.15) is 82.2 Å². The van der Waals surface area contributed by atoms with Crippen molar-refractivity contribution < 1.29 is 28.7 Å². The third-order valence-corrected chi connectivity index (χ3v) is 11.9. The van der Waals surface area contributed by atoms with E-state index >= 15 is 0 Å². The maximum atomic E-state index is 13.6. The summed E-state index contributed by atoms with van der Waals surface area (Å²) in [6.07, 6.45) is 4.13. The number of aromatic nitrogens is 1. The van der Waals surface area contributed by atoms with Crippen molar-refractivity contribution in [3.63, 3.8) is 0 Å². The van der Waals surface area contributed by atoms with Gasteiger partial charge in [-0.3, -0.25) is 9.59 Å². The van der Waals surface area contributed by atoms with E-state index in [9.17, 15) is 14.7 Å². The van der Waals surface area contributed by atoms with Crippen LogP contribution in [-0.2, 0) is 17.9 Å². The summed E-state index contributed by atoms with van der Waals surface area (Å²) in [5.74, 6) is 2.25. The molecule has 0 saturated carbocycles. The monoisotopic (exact) mass is 751 g/mol. The molecule has 5 aromatic rings. The first-order valence-electron chi connectivity index (χ1n) is 19.7. The van der Waals surface area contributed by atoms with Crippen molar-refractivity contribution in [1.82, 2.24) is 14.8 Å². The SMILES string of the molecule is NCc1cccc(C2CCN(C(=O)CC3=CC(O)Oc4cc5c(cc43)OB(c3ccc4[nH]c(C(=O)N6CCC(c7cccc(CN)c7)CC6)cc4c3)O5)CC2)c1. The fourth-order valence-corrected chi connectivity index (χ4v) is 8.73. The van der Waals surface area contributed by atoms with Gasteiger partial charge in [-0.1, -0.05) is 60.7 Å². The van der Waals surface area contributed by atoms with Gasteiger partial charge in [0.1, 0.15) is 22.9 Å². The zero-order valence-electron chi connectivity index (χ0n) is 31.3. The number of amides is 2. The first kappa shape index (κ1) is 36.1. The summed E-state index contributed by atoms with van der Waals surface area (Å²) >= 11 is 0. The van der Waals surface area contributed by atoms with Crippen LogP contribution in [-0.4, -0.2) is 71.3 Å². The van der Waals surface area contributed by atoms with Gasteiger partial charge in [-0.05, 0) is 95.0 Å². The lowest BCUT2D eigenvalue weighted by molar-refractivity contribution is -0.131. The summed E-state index contributed by atoms with van der Waals surface area (Å²) in [7, 11) is -0.727. The predicted octanol–water partition coefficient (Wildman–Crippen LogP) is 5.16. The van der Waals surface area contributed by atoms with E-state index in [1.165, 1.54) is 11.1 Å². The van der Waals surface area contributed by atoms with Crippen molar-refractivity contribution in [1.29, 1.82) is 0 Å². The van der Waals surface area contributed by atoms with Crippen molar-refractivity contribution >= 4 is 40.9 Å². The number of nitrogens with zero attached hydrogens (tertiary/aromatic N) is 2. The molecule has 4 aliphatic heterocycles. The highest BCUT2D eigenvalue weighted by molar-refractivity contribution is 6.64. The Labute approximate surface area is 326 Å². The number of likely N-dealkylation sites (tertiary alicyclic amines) is 2. The smallest absolute Gasteiger partial charge is 0.519 e. The van der Waals surface area contributed by atoms with Gasteiger partial charge in [0.25, 0.3) is 5.91 Å². The number of carbonyl (C=O) groups is 2. The van der Waals surface area contributed by atoms with Gasteiger partial charge in [0, 0.05) is 61.9 Å². The molecule has 11 nitrogen and oxygen atoms in total. The highest BCUT2D eigenvalue weighted by atomic mass is 16.6. The minimum atomic E-state index is -1.19. The molecule has 1 aromatic heterocycles. The van der Waals surface area contributed by atoms with Crippen molar-refractivity contribution in [3.8, 4) is 17.2 Å². The number of benzene rings is 4. The molecule has 2 fully saturated rings. The number of ether oxygens (including phenoxy) is 1. The molecule has 6 N–H and O–H groups in total. The van der Waals surface area contributed by atoms with Crippen molar-refractivity contribution in [3.05, 3.63) is 125 Å². The number of aromatic amines is 1. The van der Waals surface area contributed by atoms with Gasteiger partial charge in [0.05, 0.1) is 6.42 Å². The van der Waals surface area contributed by atoms with Crippen molar-refractivity contribution in [2.24, 2.45) is 11.5 Å². The Balaban J connectivity index is 0.842. The molecule has 4 aliphatic rings. The normalized spacial score (nSPS) is 18.5. The van der Waals surface area contributed by atoms with E-state index in [2.05, 4.69) is 47.4 Å². The van der Waals surface area contributed by atoms with Crippen LogP contribution >= 0.6 is 0 Å². The second-order valence-electron chi connectivity index (χ2n) is 15.4. The average Bonchev–Trinajstić information content (AvgIpc) is 3.87. The molecule has 2 amide bonds. The number of carbonyl (C=O) groups excluding carboxylic acids is 2. The van der Waals surface area contributed by atoms with E-state index in [0.29, 0.717) is 85.2 Å². The zero-order chi connectivity index (χ0) is 38.3. The Morgan fingerprint density at radius 2 is 1.38 bits per heavy atom. The Kier molecular flexibility index (Phi) is 9.78. The van der Waals surface area contributed by atoms with Crippen LogP contribution in [0.25, 0.3) is 16.5 Å². The number of piperidine rings is 2. The molecule has 0 spiro atoms. The van der Waals surface area contributed by atoms with Crippen molar-refractivity contribution in [2.45, 2.75) is 63.3 Å². The quantitative estimate of drug-likeness (QED) is 0.159. The summed E-state index contributed by atoms with van der Waals surface area (Å²) in [4.78, 5) is 34.3. The molecular weight excluding hydrogens is 705 g/mol. The summed E-state index contributed by atoms with van der Waals surface area (Å²) in [5.41, 5.74) is 20.1. The van der Waals surface area contributed by atoms with E-state index < -0.39 is 13.4 Å². The van der Waals surface area contributed by atoms with Crippen LogP contribution in [0, 0.1) is 0 Å². The summed E-state index contributed by atoms with van der Waals surface area (Å²) in [5, 5.41) is 11.5. The Bertz CT molecular complexity index is 2330. The van der Waals surface area contributed by atoms with Gasteiger partial charge < -0.3 is 45.4 Å². The van der Waals surface area contributed by atoms with Crippen LogP contribution in [0.4, 0.5) is 0 Å². The highest BCUT2D eigenvalue weighted by Crippen LogP contribution is 2.44. The van der Waals surface area contributed by atoms with Gasteiger partial charge in [-0.15, -0.1) is 0 Å². The number of nitrogens with one attached hydrogen (secondary N) is 1. The number of aliphatic hydroxyl groups excluding tert-OH is 1. The van der Waals surface area contributed by atoms with Crippen molar-refractivity contribution in [2.75, 3.05) is 26.2 Å². The zero-order valence-corrected chi connectivity index (χ0v) is 31.3. The molecule has 0 aliphatic carbocycles. The van der Waals surface area contributed by atoms with Crippen LogP contribution < -0.4 is 31.0 Å². The molecule has 12 heteroatoms. The average molecular weight is 752 g/mol. The first-order valence-corrected chi connectivity index (χ1v) is 19.7. The predicted molar refractivity (Wildman–Crippen MR) is 216 cm³/mol. The van der Waals surface area contributed by atoms with Crippen LogP contribution in [0.3, 0.4) is 0 Å². The number of rotatable bonds is 8. The van der Waals surface area contributed by atoms with Crippen LogP contribution in [0.2, 0.25) is 0 Å². The number of H-pyrrole nitrogens is 1. The number of aliphatic hydroxyl groups is 1. The number of hydrogen-bond donors (Lipinski definition) is 4. The molecule has 2 saturated heterocycles. The number of nitrogens with two attached hydrogens (primary N) is 2. The van der Waals surface area contributed by atoms with Gasteiger partial charge in [0.2, 0.25) is 12.2 Å². The molecule has 1 unspecified atom stereocenters. The third-order valence-electron chi connectivity index (χ3n) is 11.9. The minimum Gasteiger partial charge on any atom is -0.519 e. The van der Waals surface area contributed by atoms with E-state index in [-0.39, 0.29) is 18.2 Å². The third kappa shape index (κ3) is 7.16. The van der Waals surface area contributed by atoms with E-state index in [0.717, 1.165) is 53.2 Å². The summed E-state index contributed by atoms with van der Waals surface area (Å²) in [6.45, 7) is 3.76. The molecule has 1 atom stereocenters. The fourth-order valence-electron chi connectivity index (χ4n) is 8.73. The Hall–Kier alpha value is -5.56. The lowest BCUT2D eigenvalue weighted by Crippen LogP contribution is -2.38. The second kappa shape index (κ2) is 15.2. The van der Waals surface area contributed by atoms with E-state index in [4.69, 9.17) is 25.5 Å². The van der Waals surface area contributed by atoms with E-state index in [1.54, 1.807) is 12.1 Å². The largest absolute Gasteiger partial charge is 0.632 e. The maximum absolute atomic E-state index is 13.6. The Morgan fingerprint density at radius 1 is 0.750 bits per heavy atom. The molecule has 0 radical (unpaired) electrons. The molecule has 56 heavy (non-hydrogen) atoms. The van der Waals surface area contributed by atoms with Gasteiger partial charge in [-0.2, -0.15) is 0 Å². The lowest BCUT2D eigenvalue weighted by Gasteiger charge is -2.33. The maximum Gasteiger partial charge on any atom is 0.632 e. The van der Waals surface area contributed by atoms with Gasteiger partial charge >= 0.3 is 7.12 Å². The molecule has 9 rings (SSSR count). The van der Waals surface area contributed by atoms with Crippen LogP contribution in [0.15, 0.2) is 91.0 Å². The fraction of sp³-hybridized carbons (Fsp3) is 0.318. The summed E-state index contributed by atoms with van der Waals surface area (Å²) < 4.78 is 18.3. The second-order valence-corrected chi connectivity index (χ2v) is 15.4. The first-order chi connectivity index (χ1) is 27.3. The molecule has 0 bridgehead atoms. The molecule has 5 heterocycles. The number of hydrogen-bond acceptors (Lipinski definition) is 8. The molecular formula is C44H46BN5O6. The molecule has 4 aromatic carbocycles.